The topological polar surface area (TPSA) is 38.9 Å². The molecule has 0 fully saturated rings. The zero-order chi connectivity index (χ0) is 11.7. The van der Waals surface area contributed by atoms with Crippen molar-refractivity contribution in [3.63, 3.8) is 0 Å². The van der Waals surface area contributed by atoms with E-state index in [0.29, 0.717) is 11.5 Å². The number of oxazole rings is 1. The summed E-state index contributed by atoms with van der Waals surface area (Å²) in [6, 6.07) is 11.8. The van der Waals surface area contributed by atoms with Gasteiger partial charge in [-0.05, 0) is 30.5 Å². The van der Waals surface area contributed by atoms with E-state index >= 15 is 0 Å². The summed E-state index contributed by atoms with van der Waals surface area (Å²) in [5.41, 5.74) is 2.38. The van der Waals surface area contributed by atoms with Crippen LogP contribution in [0.4, 0.5) is 0 Å². The lowest BCUT2D eigenvalue weighted by Crippen LogP contribution is -1.81. The van der Waals surface area contributed by atoms with Crippen molar-refractivity contribution in [3.8, 4) is 11.5 Å². The molecule has 4 heteroatoms. The van der Waals surface area contributed by atoms with Crippen molar-refractivity contribution in [1.29, 1.82) is 0 Å². The van der Waals surface area contributed by atoms with E-state index in [4.69, 9.17) is 4.42 Å². The van der Waals surface area contributed by atoms with Crippen molar-refractivity contribution in [2.75, 3.05) is 6.26 Å². The van der Waals surface area contributed by atoms with Crippen LogP contribution in [0.2, 0.25) is 0 Å². The minimum Gasteiger partial charge on any atom is -0.434 e. The van der Waals surface area contributed by atoms with Crippen LogP contribution in [0.3, 0.4) is 0 Å². The van der Waals surface area contributed by atoms with E-state index in [1.165, 1.54) is 0 Å². The Morgan fingerprint density at radius 2 is 2.00 bits per heavy atom. The van der Waals surface area contributed by atoms with Gasteiger partial charge in [0.25, 0.3) is 0 Å². The molecule has 0 saturated heterocycles. The van der Waals surface area contributed by atoms with Gasteiger partial charge in [0.05, 0.1) is 5.56 Å². The van der Waals surface area contributed by atoms with E-state index in [9.17, 15) is 0 Å². The molecule has 3 rings (SSSR count). The highest BCUT2D eigenvalue weighted by molar-refractivity contribution is 7.98. The molecule has 0 radical (unpaired) electrons. The van der Waals surface area contributed by atoms with Crippen molar-refractivity contribution < 1.29 is 4.42 Å². The van der Waals surface area contributed by atoms with Gasteiger partial charge in [-0.15, -0.1) is 11.8 Å². The highest BCUT2D eigenvalue weighted by Crippen LogP contribution is 2.30. The Labute approximate surface area is 103 Å². The Hall–Kier alpha value is -1.81. The number of benzene rings is 1. The van der Waals surface area contributed by atoms with Crippen molar-refractivity contribution in [3.05, 3.63) is 42.6 Å². The molecule has 0 aliphatic rings. The summed E-state index contributed by atoms with van der Waals surface area (Å²) in [6.07, 6.45) is 3.76. The third-order valence-corrected chi connectivity index (χ3v) is 3.30. The SMILES string of the molecule is CSc1ccccc1-c1nc2ncccc2o1. The first-order valence-electron chi connectivity index (χ1n) is 5.23. The second-order valence-corrected chi connectivity index (χ2v) is 4.39. The van der Waals surface area contributed by atoms with Crippen LogP contribution in [0.5, 0.6) is 0 Å². The second kappa shape index (κ2) is 4.22. The Bertz CT molecular complexity index is 630. The number of pyridine rings is 1. The molecular formula is C13H10N2OS. The molecule has 0 aliphatic carbocycles. The summed E-state index contributed by atoms with van der Waals surface area (Å²) < 4.78 is 5.71. The number of hydrogen-bond acceptors (Lipinski definition) is 4. The predicted octanol–water partition coefficient (Wildman–Crippen LogP) is 3.61. The van der Waals surface area contributed by atoms with E-state index in [2.05, 4.69) is 16.0 Å². The molecule has 3 nitrogen and oxygen atoms in total. The van der Waals surface area contributed by atoms with E-state index in [1.54, 1.807) is 18.0 Å². The molecule has 2 aromatic heterocycles. The number of fused-ring (bicyclic) bond motifs is 1. The van der Waals surface area contributed by atoms with Gasteiger partial charge in [0, 0.05) is 11.1 Å². The van der Waals surface area contributed by atoms with Crippen LogP contribution in [-0.4, -0.2) is 16.2 Å². The molecule has 0 aliphatic heterocycles. The van der Waals surface area contributed by atoms with E-state index < -0.39 is 0 Å². The van der Waals surface area contributed by atoms with Crippen molar-refractivity contribution >= 4 is 23.0 Å². The molecule has 0 spiro atoms. The summed E-state index contributed by atoms with van der Waals surface area (Å²) in [5.74, 6) is 0.628. The zero-order valence-electron chi connectivity index (χ0n) is 9.25. The molecule has 3 aromatic rings. The monoisotopic (exact) mass is 242 g/mol. The zero-order valence-corrected chi connectivity index (χ0v) is 10.1. The first-order chi connectivity index (χ1) is 8.38. The van der Waals surface area contributed by atoms with Gasteiger partial charge in [0.1, 0.15) is 0 Å². The molecular weight excluding hydrogens is 232 g/mol. The molecule has 0 bridgehead atoms. The fourth-order valence-corrected chi connectivity index (χ4v) is 2.30. The standard InChI is InChI=1S/C13H10N2OS/c1-17-11-7-3-2-5-9(11)13-15-12-10(16-13)6-4-8-14-12/h2-8H,1H3. The molecule has 0 atom stereocenters. The maximum Gasteiger partial charge on any atom is 0.230 e. The fraction of sp³-hybridized carbons (Fsp3) is 0.0769. The Kier molecular flexibility index (Phi) is 2.57. The Morgan fingerprint density at radius 1 is 1.12 bits per heavy atom. The van der Waals surface area contributed by atoms with Crippen LogP contribution < -0.4 is 0 Å². The first-order valence-corrected chi connectivity index (χ1v) is 6.46. The molecule has 0 amide bonds. The number of hydrogen-bond donors (Lipinski definition) is 0. The van der Waals surface area contributed by atoms with Gasteiger partial charge >= 0.3 is 0 Å². The van der Waals surface area contributed by atoms with E-state index in [0.717, 1.165) is 16.0 Å². The summed E-state index contributed by atoms with van der Waals surface area (Å²) in [6.45, 7) is 0. The van der Waals surface area contributed by atoms with Gasteiger partial charge in [-0.2, -0.15) is 4.98 Å². The maximum absolute atomic E-state index is 5.71. The fourth-order valence-electron chi connectivity index (χ4n) is 1.71. The highest BCUT2D eigenvalue weighted by Gasteiger charge is 2.11. The van der Waals surface area contributed by atoms with Crippen molar-refractivity contribution in [2.45, 2.75) is 4.90 Å². The summed E-state index contributed by atoms with van der Waals surface area (Å²) >= 11 is 1.68. The molecule has 17 heavy (non-hydrogen) atoms. The molecule has 0 saturated carbocycles. The van der Waals surface area contributed by atoms with Gasteiger partial charge in [-0.3, -0.25) is 0 Å². The lowest BCUT2D eigenvalue weighted by atomic mass is 10.2. The van der Waals surface area contributed by atoms with Crippen LogP contribution in [0.1, 0.15) is 0 Å². The number of nitrogens with zero attached hydrogens (tertiary/aromatic N) is 2. The summed E-state index contributed by atoms with van der Waals surface area (Å²) in [7, 11) is 0. The quantitative estimate of drug-likeness (QED) is 0.643. The van der Waals surface area contributed by atoms with Gasteiger partial charge in [0.2, 0.25) is 5.89 Å². The van der Waals surface area contributed by atoms with Gasteiger partial charge < -0.3 is 4.42 Å². The molecule has 84 valence electrons. The van der Waals surface area contributed by atoms with E-state index in [1.807, 2.05) is 36.6 Å². The third kappa shape index (κ3) is 1.80. The average Bonchev–Trinajstić information content (AvgIpc) is 2.82. The van der Waals surface area contributed by atoms with Crippen LogP contribution in [0.15, 0.2) is 51.9 Å². The van der Waals surface area contributed by atoms with Gasteiger partial charge in [-0.25, -0.2) is 4.98 Å². The lowest BCUT2D eigenvalue weighted by molar-refractivity contribution is 0.618. The average molecular weight is 242 g/mol. The van der Waals surface area contributed by atoms with Gasteiger partial charge in [0.15, 0.2) is 11.2 Å². The van der Waals surface area contributed by atoms with Crippen LogP contribution >= 0.6 is 11.8 Å². The maximum atomic E-state index is 5.71. The van der Waals surface area contributed by atoms with E-state index in [-0.39, 0.29) is 0 Å². The first kappa shape index (κ1) is 10.4. The van der Waals surface area contributed by atoms with Crippen molar-refractivity contribution in [2.24, 2.45) is 0 Å². The molecule has 2 heterocycles. The summed E-state index contributed by atoms with van der Waals surface area (Å²) in [5, 5.41) is 0. The lowest BCUT2D eigenvalue weighted by Gasteiger charge is -2.01. The normalized spacial score (nSPS) is 10.9. The summed E-state index contributed by atoms with van der Waals surface area (Å²) in [4.78, 5) is 9.72. The van der Waals surface area contributed by atoms with Crippen LogP contribution in [0, 0.1) is 0 Å². The third-order valence-electron chi connectivity index (χ3n) is 2.50. The highest BCUT2D eigenvalue weighted by atomic mass is 32.2. The van der Waals surface area contributed by atoms with Crippen LogP contribution in [-0.2, 0) is 0 Å². The predicted molar refractivity (Wildman–Crippen MR) is 69.0 cm³/mol. The van der Waals surface area contributed by atoms with Gasteiger partial charge in [-0.1, -0.05) is 12.1 Å². The minimum atomic E-state index is 0.628. The number of rotatable bonds is 2. The molecule has 1 aromatic carbocycles. The van der Waals surface area contributed by atoms with Crippen LogP contribution in [0.25, 0.3) is 22.7 Å². The number of thioether (sulfide) groups is 1. The second-order valence-electron chi connectivity index (χ2n) is 3.54. The number of aromatic nitrogens is 2. The Morgan fingerprint density at radius 3 is 2.82 bits per heavy atom. The largest absolute Gasteiger partial charge is 0.434 e. The smallest absolute Gasteiger partial charge is 0.230 e. The molecule has 0 N–H and O–H groups in total. The minimum absolute atomic E-state index is 0.628. The van der Waals surface area contributed by atoms with Crippen molar-refractivity contribution in [1.82, 2.24) is 9.97 Å². The Balaban J connectivity index is 2.20. The molecule has 0 unspecified atom stereocenters.